The molecule has 2 nitrogen and oxygen atoms in total. The van der Waals surface area contributed by atoms with E-state index in [0.717, 1.165) is 5.69 Å². The Morgan fingerprint density at radius 2 is 1.09 bits per heavy atom. The Morgan fingerprint density at radius 3 is 1.77 bits per heavy atom. The van der Waals surface area contributed by atoms with E-state index in [9.17, 15) is 0 Å². The molecule has 2 heterocycles. The molecule has 162 valence electrons. The van der Waals surface area contributed by atoms with Crippen LogP contribution in [0.15, 0.2) is 122 Å². The minimum Gasteiger partial charge on any atom is -0.308 e. The summed E-state index contributed by atoms with van der Waals surface area (Å²) in [5, 5.41) is 12.9. The molecule has 0 saturated heterocycles. The lowest BCUT2D eigenvalue weighted by molar-refractivity contribution is 1.14. The summed E-state index contributed by atoms with van der Waals surface area (Å²) in [4.78, 5) is 4.45. The molecule has 2 heteroatoms. The van der Waals surface area contributed by atoms with Gasteiger partial charge >= 0.3 is 0 Å². The van der Waals surface area contributed by atoms with Crippen LogP contribution in [0.2, 0.25) is 0 Å². The maximum atomic E-state index is 4.45. The number of fused-ring (bicyclic) bond motifs is 11. The van der Waals surface area contributed by atoms with Gasteiger partial charge in [-0.2, -0.15) is 0 Å². The lowest BCUT2D eigenvalue weighted by atomic mass is 9.93. The second-order valence-electron chi connectivity index (χ2n) is 9.23. The second kappa shape index (κ2) is 6.91. The van der Waals surface area contributed by atoms with Gasteiger partial charge in [-0.15, -0.1) is 0 Å². The van der Waals surface area contributed by atoms with Crippen LogP contribution in [0, 0.1) is 0 Å². The van der Waals surface area contributed by atoms with Crippen LogP contribution in [0.25, 0.3) is 70.6 Å². The summed E-state index contributed by atoms with van der Waals surface area (Å²) in [6.45, 7) is 0. The van der Waals surface area contributed by atoms with Crippen molar-refractivity contribution in [2.45, 2.75) is 0 Å². The minimum atomic E-state index is 1.08. The number of pyridine rings is 1. The highest BCUT2D eigenvalue weighted by atomic mass is 15.0. The summed E-state index contributed by atoms with van der Waals surface area (Å²) in [6.07, 6.45) is 3.79. The van der Waals surface area contributed by atoms with Gasteiger partial charge in [-0.05, 0) is 73.4 Å². The van der Waals surface area contributed by atoms with E-state index in [1.165, 1.54) is 64.9 Å². The third kappa shape index (κ3) is 2.51. The van der Waals surface area contributed by atoms with Crippen LogP contribution in [0.1, 0.15) is 0 Å². The Morgan fingerprint density at radius 1 is 0.457 bits per heavy atom. The molecule has 0 atom stereocenters. The Labute approximate surface area is 201 Å². The quantitative estimate of drug-likeness (QED) is 0.231. The van der Waals surface area contributed by atoms with Crippen LogP contribution in [0.4, 0.5) is 0 Å². The van der Waals surface area contributed by atoms with Gasteiger partial charge in [-0.3, -0.25) is 4.98 Å². The average Bonchev–Trinajstić information content (AvgIpc) is 3.26. The smallest absolute Gasteiger partial charge is 0.0645 e. The van der Waals surface area contributed by atoms with Gasteiger partial charge in [0.1, 0.15) is 0 Å². The molecular weight excluding hydrogens is 424 g/mol. The molecule has 0 bridgehead atoms. The fourth-order valence-electron chi connectivity index (χ4n) is 5.95. The van der Waals surface area contributed by atoms with Gasteiger partial charge in [-0.1, -0.05) is 78.9 Å². The van der Waals surface area contributed by atoms with E-state index in [2.05, 4.69) is 113 Å². The Bertz CT molecular complexity index is 2100. The first kappa shape index (κ1) is 18.7. The van der Waals surface area contributed by atoms with Crippen LogP contribution < -0.4 is 0 Å². The fraction of sp³-hybridized carbons (Fsp3) is 0. The molecule has 0 saturated carbocycles. The minimum absolute atomic E-state index is 1.08. The normalized spacial score (nSPS) is 12.0. The van der Waals surface area contributed by atoms with Crippen LogP contribution in [-0.2, 0) is 0 Å². The number of hydrogen-bond acceptors (Lipinski definition) is 1. The zero-order chi connectivity index (χ0) is 22.9. The predicted octanol–water partition coefficient (Wildman–Crippen LogP) is 8.79. The Kier molecular flexibility index (Phi) is 3.69. The van der Waals surface area contributed by atoms with Crippen LogP contribution in [0.5, 0.6) is 0 Å². The van der Waals surface area contributed by atoms with E-state index in [4.69, 9.17) is 0 Å². The molecule has 0 amide bonds. The number of rotatable bonds is 1. The summed E-state index contributed by atoms with van der Waals surface area (Å²) >= 11 is 0. The van der Waals surface area contributed by atoms with Gasteiger partial charge < -0.3 is 4.57 Å². The molecule has 6 aromatic carbocycles. The van der Waals surface area contributed by atoms with E-state index in [1.807, 2.05) is 18.5 Å². The number of hydrogen-bond donors (Lipinski definition) is 0. The van der Waals surface area contributed by atoms with Gasteiger partial charge in [0.25, 0.3) is 0 Å². The summed E-state index contributed by atoms with van der Waals surface area (Å²) < 4.78 is 2.37. The Balaban J connectivity index is 1.69. The highest BCUT2D eigenvalue weighted by Crippen LogP contribution is 2.42. The molecule has 8 rings (SSSR count). The summed E-state index contributed by atoms with van der Waals surface area (Å²) in [5.74, 6) is 0. The van der Waals surface area contributed by atoms with E-state index in [-0.39, 0.29) is 0 Å². The molecule has 0 radical (unpaired) electrons. The van der Waals surface area contributed by atoms with Crippen molar-refractivity contribution in [3.05, 3.63) is 122 Å². The van der Waals surface area contributed by atoms with Gasteiger partial charge in [0, 0.05) is 17.0 Å². The van der Waals surface area contributed by atoms with Crippen molar-refractivity contribution in [2.24, 2.45) is 0 Å². The van der Waals surface area contributed by atoms with Gasteiger partial charge in [0.05, 0.1) is 22.9 Å². The zero-order valence-corrected chi connectivity index (χ0v) is 18.9. The highest BCUT2D eigenvalue weighted by molar-refractivity contribution is 6.30. The number of aromatic nitrogens is 2. The van der Waals surface area contributed by atoms with E-state index < -0.39 is 0 Å². The SMILES string of the molecule is c1cncc(-n2c3cc4c5ccccc5c5ccccc5c4cc3c3c4ccccc4ccc32)c1. The fourth-order valence-corrected chi connectivity index (χ4v) is 5.95. The van der Waals surface area contributed by atoms with Crippen molar-refractivity contribution < 1.29 is 0 Å². The topological polar surface area (TPSA) is 17.8 Å². The standard InChI is InChI=1S/C33H20N2/c1-2-10-23-21(8-1)15-16-31-33(23)30-18-28-26-13-5-3-11-24(26)25-12-4-6-14-27(25)29(28)19-32(30)35(31)22-9-7-17-34-20-22/h1-20H. The molecule has 0 fully saturated rings. The number of nitrogens with zero attached hydrogens (tertiary/aromatic N) is 2. The van der Waals surface area contributed by atoms with Crippen molar-refractivity contribution in [1.82, 2.24) is 9.55 Å². The van der Waals surface area contributed by atoms with Crippen LogP contribution in [0.3, 0.4) is 0 Å². The maximum absolute atomic E-state index is 4.45. The first-order chi connectivity index (χ1) is 17.4. The first-order valence-electron chi connectivity index (χ1n) is 12.0. The van der Waals surface area contributed by atoms with E-state index in [1.54, 1.807) is 0 Å². The molecule has 0 aliphatic rings. The molecule has 0 N–H and O–H groups in total. The van der Waals surface area contributed by atoms with Crippen molar-refractivity contribution in [2.75, 3.05) is 0 Å². The summed E-state index contributed by atoms with van der Waals surface area (Å²) in [6, 6.07) is 39.7. The van der Waals surface area contributed by atoms with E-state index >= 15 is 0 Å². The van der Waals surface area contributed by atoms with Gasteiger partial charge in [0.15, 0.2) is 0 Å². The van der Waals surface area contributed by atoms with Crippen LogP contribution in [-0.4, -0.2) is 9.55 Å². The maximum Gasteiger partial charge on any atom is 0.0645 e. The average molecular weight is 445 g/mol. The zero-order valence-electron chi connectivity index (χ0n) is 18.9. The van der Waals surface area contributed by atoms with Gasteiger partial charge in [-0.25, -0.2) is 0 Å². The third-order valence-corrected chi connectivity index (χ3v) is 7.42. The molecule has 0 spiro atoms. The van der Waals surface area contributed by atoms with Crippen molar-refractivity contribution in [3.63, 3.8) is 0 Å². The Hall–Kier alpha value is -4.69. The third-order valence-electron chi connectivity index (χ3n) is 7.42. The van der Waals surface area contributed by atoms with Crippen molar-refractivity contribution in [3.8, 4) is 5.69 Å². The predicted molar refractivity (Wildman–Crippen MR) is 149 cm³/mol. The molecule has 0 aliphatic carbocycles. The van der Waals surface area contributed by atoms with Gasteiger partial charge in [0.2, 0.25) is 0 Å². The first-order valence-corrected chi connectivity index (χ1v) is 12.0. The lowest BCUT2D eigenvalue weighted by Crippen LogP contribution is -1.94. The molecule has 8 aromatic rings. The lowest BCUT2D eigenvalue weighted by Gasteiger charge is -2.12. The molecule has 0 aliphatic heterocycles. The monoisotopic (exact) mass is 444 g/mol. The molecular formula is C33H20N2. The van der Waals surface area contributed by atoms with Crippen molar-refractivity contribution in [1.29, 1.82) is 0 Å². The number of benzene rings is 6. The van der Waals surface area contributed by atoms with E-state index in [0.29, 0.717) is 0 Å². The highest BCUT2D eigenvalue weighted by Gasteiger charge is 2.18. The second-order valence-corrected chi connectivity index (χ2v) is 9.23. The van der Waals surface area contributed by atoms with Crippen molar-refractivity contribution >= 4 is 64.9 Å². The van der Waals surface area contributed by atoms with Crippen LogP contribution >= 0.6 is 0 Å². The molecule has 35 heavy (non-hydrogen) atoms. The molecule has 2 aromatic heterocycles. The largest absolute Gasteiger partial charge is 0.308 e. The summed E-state index contributed by atoms with van der Waals surface area (Å²) in [7, 11) is 0. The summed E-state index contributed by atoms with van der Waals surface area (Å²) in [5.41, 5.74) is 3.49. The molecule has 0 unspecified atom stereocenters.